The number of carbonyl (C=O) groups excluding carboxylic acids is 2. The Bertz CT molecular complexity index is 340. The normalized spacial score (nSPS) is 21.6. The molecule has 1 rings (SSSR count). The van der Waals surface area contributed by atoms with E-state index in [1.54, 1.807) is 11.8 Å². The first-order valence-corrected chi connectivity index (χ1v) is 6.98. The second-order valence-corrected chi connectivity index (χ2v) is 6.27. The number of nitrogens with one attached hydrogen (secondary N) is 1. The van der Waals surface area contributed by atoms with Crippen LogP contribution >= 0.6 is 0 Å². The SMILES string of the molecule is CCN1CC(C(=O)NCC(C)(C)CC(C)O)CC1=O. The van der Waals surface area contributed by atoms with Crippen LogP contribution in [0.1, 0.15) is 40.5 Å². The van der Waals surface area contributed by atoms with Gasteiger partial charge < -0.3 is 15.3 Å². The fraction of sp³-hybridized carbons (Fsp3) is 0.857. The molecular formula is C14H26N2O3. The zero-order valence-corrected chi connectivity index (χ0v) is 12.4. The van der Waals surface area contributed by atoms with Crippen molar-refractivity contribution < 1.29 is 14.7 Å². The molecule has 0 spiro atoms. The highest BCUT2D eigenvalue weighted by Gasteiger charge is 2.33. The maximum atomic E-state index is 12.0. The molecule has 110 valence electrons. The highest BCUT2D eigenvalue weighted by Crippen LogP contribution is 2.22. The summed E-state index contributed by atoms with van der Waals surface area (Å²) in [6.45, 7) is 9.40. The van der Waals surface area contributed by atoms with Crippen molar-refractivity contribution in [1.82, 2.24) is 10.2 Å². The van der Waals surface area contributed by atoms with Crippen molar-refractivity contribution in [2.45, 2.75) is 46.6 Å². The molecule has 0 radical (unpaired) electrons. The Morgan fingerprint density at radius 1 is 1.58 bits per heavy atom. The number of aliphatic hydroxyl groups is 1. The van der Waals surface area contributed by atoms with Crippen molar-refractivity contribution in [1.29, 1.82) is 0 Å². The van der Waals surface area contributed by atoms with E-state index in [2.05, 4.69) is 5.32 Å². The Kier molecular flexibility index (Phi) is 5.35. The molecule has 2 N–H and O–H groups in total. The molecule has 1 fully saturated rings. The highest BCUT2D eigenvalue weighted by atomic mass is 16.3. The quantitative estimate of drug-likeness (QED) is 0.749. The summed E-state index contributed by atoms with van der Waals surface area (Å²) in [5.74, 6) is -0.219. The van der Waals surface area contributed by atoms with Crippen LogP contribution in [0.25, 0.3) is 0 Å². The molecular weight excluding hydrogens is 244 g/mol. The third-order valence-electron chi connectivity index (χ3n) is 3.56. The van der Waals surface area contributed by atoms with E-state index >= 15 is 0 Å². The van der Waals surface area contributed by atoms with E-state index in [1.807, 2.05) is 20.8 Å². The predicted molar refractivity (Wildman–Crippen MR) is 73.4 cm³/mol. The van der Waals surface area contributed by atoms with Gasteiger partial charge >= 0.3 is 0 Å². The molecule has 2 amide bonds. The van der Waals surface area contributed by atoms with Gasteiger partial charge in [-0.05, 0) is 25.7 Å². The van der Waals surface area contributed by atoms with Crippen LogP contribution < -0.4 is 5.32 Å². The molecule has 0 aliphatic carbocycles. The highest BCUT2D eigenvalue weighted by molar-refractivity contribution is 5.89. The molecule has 0 saturated carbocycles. The molecule has 1 aliphatic rings. The molecule has 2 atom stereocenters. The first-order valence-electron chi connectivity index (χ1n) is 6.98. The fourth-order valence-electron chi connectivity index (χ4n) is 2.60. The summed E-state index contributed by atoms with van der Waals surface area (Å²) in [4.78, 5) is 25.3. The Morgan fingerprint density at radius 2 is 2.21 bits per heavy atom. The lowest BCUT2D eigenvalue weighted by molar-refractivity contribution is -0.129. The molecule has 0 aromatic carbocycles. The van der Waals surface area contributed by atoms with Crippen LogP contribution in [-0.4, -0.2) is 47.6 Å². The van der Waals surface area contributed by atoms with Gasteiger partial charge in [0.15, 0.2) is 0 Å². The topological polar surface area (TPSA) is 69.6 Å². The van der Waals surface area contributed by atoms with E-state index in [4.69, 9.17) is 0 Å². The molecule has 1 saturated heterocycles. The summed E-state index contributed by atoms with van der Waals surface area (Å²) in [6.07, 6.45) is 0.574. The molecule has 0 aromatic rings. The Hall–Kier alpha value is -1.10. The van der Waals surface area contributed by atoms with Gasteiger partial charge in [-0.1, -0.05) is 13.8 Å². The lowest BCUT2D eigenvalue weighted by Gasteiger charge is -2.27. The van der Waals surface area contributed by atoms with E-state index in [0.29, 0.717) is 32.5 Å². The Balaban J connectivity index is 2.42. The minimum atomic E-state index is -0.379. The Morgan fingerprint density at radius 3 is 2.68 bits per heavy atom. The van der Waals surface area contributed by atoms with Crippen LogP contribution in [0.3, 0.4) is 0 Å². The number of nitrogens with zero attached hydrogens (tertiary/aromatic N) is 1. The number of hydrogen-bond donors (Lipinski definition) is 2. The minimum Gasteiger partial charge on any atom is -0.393 e. The van der Waals surface area contributed by atoms with Crippen molar-refractivity contribution in [2.75, 3.05) is 19.6 Å². The zero-order chi connectivity index (χ0) is 14.6. The van der Waals surface area contributed by atoms with Gasteiger partial charge in [0.2, 0.25) is 11.8 Å². The van der Waals surface area contributed by atoms with Gasteiger partial charge in [-0.15, -0.1) is 0 Å². The summed E-state index contributed by atoms with van der Waals surface area (Å²) in [5.41, 5.74) is -0.142. The molecule has 0 aromatic heterocycles. The average molecular weight is 270 g/mol. The van der Waals surface area contributed by atoms with E-state index in [1.165, 1.54) is 0 Å². The van der Waals surface area contributed by atoms with Gasteiger partial charge in [-0.3, -0.25) is 9.59 Å². The standard InChI is InChI=1S/C14H26N2O3/c1-5-16-8-11(6-12(16)18)13(19)15-9-14(3,4)7-10(2)17/h10-11,17H,5-9H2,1-4H3,(H,15,19). The molecule has 0 bridgehead atoms. The summed E-state index contributed by atoms with van der Waals surface area (Å²) < 4.78 is 0. The third-order valence-corrected chi connectivity index (χ3v) is 3.56. The first-order chi connectivity index (χ1) is 8.75. The number of carbonyl (C=O) groups is 2. The number of rotatable bonds is 6. The summed E-state index contributed by atoms with van der Waals surface area (Å²) in [5, 5.41) is 12.3. The van der Waals surface area contributed by atoms with Crippen molar-refractivity contribution in [3.63, 3.8) is 0 Å². The van der Waals surface area contributed by atoms with Crippen LogP contribution in [0.4, 0.5) is 0 Å². The molecule has 1 heterocycles. The lowest BCUT2D eigenvalue weighted by Crippen LogP contribution is -2.39. The largest absolute Gasteiger partial charge is 0.393 e. The van der Waals surface area contributed by atoms with E-state index < -0.39 is 0 Å². The van der Waals surface area contributed by atoms with Crippen molar-refractivity contribution in [3.05, 3.63) is 0 Å². The smallest absolute Gasteiger partial charge is 0.225 e. The molecule has 19 heavy (non-hydrogen) atoms. The average Bonchev–Trinajstić information content (AvgIpc) is 2.66. The van der Waals surface area contributed by atoms with Gasteiger partial charge in [0, 0.05) is 26.1 Å². The number of likely N-dealkylation sites (tertiary alicyclic amines) is 1. The van der Waals surface area contributed by atoms with E-state index in [-0.39, 0.29) is 29.3 Å². The van der Waals surface area contributed by atoms with Crippen LogP contribution in [0.15, 0.2) is 0 Å². The van der Waals surface area contributed by atoms with Gasteiger partial charge in [-0.2, -0.15) is 0 Å². The fourth-order valence-corrected chi connectivity index (χ4v) is 2.60. The number of hydrogen-bond acceptors (Lipinski definition) is 3. The van der Waals surface area contributed by atoms with Gasteiger partial charge in [-0.25, -0.2) is 0 Å². The lowest BCUT2D eigenvalue weighted by atomic mass is 9.87. The molecule has 5 heteroatoms. The second-order valence-electron chi connectivity index (χ2n) is 6.27. The molecule has 1 aliphatic heterocycles. The number of aliphatic hydroxyl groups excluding tert-OH is 1. The van der Waals surface area contributed by atoms with E-state index in [0.717, 1.165) is 0 Å². The van der Waals surface area contributed by atoms with Crippen LogP contribution in [0, 0.1) is 11.3 Å². The first kappa shape index (κ1) is 16.0. The van der Waals surface area contributed by atoms with E-state index in [9.17, 15) is 14.7 Å². The van der Waals surface area contributed by atoms with Crippen molar-refractivity contribution in [2.24, 2.45) is 11.3 Å². The monoisotopic (exact) mass is 270 g/mol. The number of amides is 2. The summed E-state index contributed by atoms with van der Waals surface area (Å²) in [6, 6.07) is 0. The van der Waals surface area contributed by atoms with Crippen LogP contribution in [-0.2, 0) is 9.59 Å². The zero-order valence-electron chi connectivity index (χ0n) is 12.4. The molecule has 2 unspecified atom stereocenters. The van der Waals surface area contributed by atoms with Gasteiger partial charge in [0.1, 0.15) is 0 Å². The molecule has 5 nitrogen and oxygen atoms in total. The summed E-state index contributed by atoms with van der Waals surface area (Å²) in [7, 11) is 0. The summed E-state index contributed by atoms with van der Waals surface area (Å²) >= 11 is 0. The second kappa shape index (κ2) is 6.37. The minimum absolute atomic E-state index is 0.0528. The maximum absolute atomic E-state index is 12.0. The van der Waals surface area contributed by atoms with Gasteiger partial charge in [0.05, 0.1) is 12.0 Å². The van der Waals surface area contributed by atoms with Crippen LogP contribution in [0.2, 0.25) is 0 Å². The predicted octanol–water partition coefficient (Wildman–Crippen LogP) is 0.768. The van der Waals surface area contributed by atoms with Gasteiger partial charge in [0.25, 0.3) is 0 Å². The third kappa shape index (κ3) is 4.82. The Labute approximate surface area is 115 Å². The maximum Gasteiger partial charge on any atom is 0.225 e. The van der Waals surface area contributed by atoms with Crippen LogP contribution in [0.5, 0.6) is 0 Å². The van der Waals surface area contributed by atoms with Crippen molar-refractivity contribution >= 4 is 11.8 Å². The van der Waals surface area contributed by atoms with Crippen molar-refractivity contribution in [3.8, 4) is 0 Å².